The van der Waals surface area contributed by atoms with E-state index < -0.39 is 23.7 Å². The highest BCUT2D eigenvalue weighted by molar-refractivity contribution is 5.80. The molecular formula is C13H23NO5. The number of carbonyl (C=O) groups is 2. The van der Waals surface area contributed by atoms with E-state index in [9.17, 15) is 9.59 Å². The number of amides is 1. The molecule has 6 nitrogen and oxygen atoms in total. The Morgan fingerprint density at radius 1 is 1.32 bits per heavy atom. The molecule has 0 spiro atoms. The zero-order chi connectivity index (χ0) is 14.6. The van der Waals surface area contributed by atoms with Gasteiger partial charge in [0, 0.05) is 19.3 Å². The van der Waals surface area contributed by atoms with Crippen molar-refractivity contribution in [2.24, 2.45) is 0 Å². The summed E-state index contributed by atoms with van der Waals surface area (Å²) in [4.78, 5) is 24.7. The zero-order valence-electron chi connectivity index (χ0n) is 12.0. The van der Waals surface area contributed by atoms with Gasteiger partial charge in [-0.3, -0.25) is 4.90 Å². The van der Waals surface area contributed by atoms with Crippen LogP contribution in [0.2, 0.25) is 0 Å². The lowest BCUT2D eigenvalue weighted by molar-refractivity contribution is -0.144. The van der Waals surface area contributed by atoms with Gasteiger partial charge >= 0.3 is 12.1 Å². The molecule has 19 heavy (non-hydrogen) atoms. The summed E-state index contributed by atoms with van der Waals surface area (Å²) in [5, 5.41) is 9.15. The molecule has 1 amide bonds. The van der Waals surface area contributed by atoms with Gasteiger partial charge in [-0.2, -0.15) is 0 Å². The van der Waals surface area contributed by atoms with Gasteiger partial charge in [0.1, 0.15) is 11.6 Å². The summed E-state index contributed by atoms with van der Waals surface area (Å²) in [5.74, 6) is -1.03. The van der Waals surface area contributed by atoms with Gasteiger partial charge in [-0.25, -0.2) is 9.59 Å². The van der Waals surface area contributed by atoms with Crippen molar-refractivity contribution in [3.63, 3.8) is 0 Å². The number of carboxylic acid groups (broad SMARTS) is 1. The number of rotatable bonds is 3. The summed E-state index contributed by atoms with van der Waals surface area (Å²) in [6.07, 6.45) is 0.697. The summed E-state index contributed by atoms with van der Waals surface area (Å²) >= 11 is 0. The number of ether oxygens (including phenoxy) is 2. The Bertz CT molecular complexity index is 330. The lowest BCUT2D eigenvalue weighted by Gasteiger charge is -2.37. The van der Waals surface area contributed by atoms with E-state index in [1.54, 1.807) is 20.8 Å². The van der Waals surface area contributed by atoms with Gasteiger partial charge in [0.15, 0.2) is 0 Å². The first-order valence-electron chi connectivity index (χ1n) is 6.54. The van der Waals surface area contributed by atoms with Crippen molar-refractivity contribution in [3.05, 3.63) is 0 Å². The van der Waals surface area contributed by atoms with Gasteiger partial charge in [-0.1, -0.05) is 0 Å². The Labute approximate surface area is 113 Å². The van der Waals surface area contributed by atoms with Crippen molar-refractivity contribution in [2.75, 3.05) is 13.2 Å². The molecule has 1 atom stereocenters. The molecule has 1 aliphatic heterocycles. The lowest BCUT2D eigenvalue weighted by Crippen LogP contribution is -2.52. The van der Waals surface area contributed by atoms with E-state index in [0.717, 1.165) is 0 Å². The Morgan fingerprint density at radius 2 is 1.84 bits per heavy atom. The van der Waals surface area contributed by atoms with Crippen LogP contribution < -0.4 is 0 Å². The average Bonchev–Trinajstić information content (AvgIpc) is 2.28. The topological polar surface area (TPSA) is 76.1 Å². The Kier molecular flexibility index (Phi) is 5.17. The van der Waals surface area contributed by atoms with E-state index in [4.69, 9.17) is 14.6 Å². The lowest BCUT2D eigenvalue weighted by atomic mass is 10.1. The highest BCUT2D eigenvalue weighted by Gasteiger charge is 2.35. The smallest absolute Gasteiger partial charge is 0.411 e. The fraction of sp³-hybridized carbons (Fsp3) is 0.846. The largest absolute Gasteiger partial charge is 0.480 e. The highest BCUT2D eigenvalue weighted by Crippen LogP contribution is 2.21. The van der Waals surface area contributed by atoms with Crippen molar-refractivity contribution in [1.29, 1.82) is 0 Å². The van der Waals surface area contributed by atoms with Gasteiger partial charge < -0.3 is 14.6 Å². The van der Waals surface area contributed by atoms with E-state index in [-0.39, 0.29) is 6.04 Å². The summed E-state index contributed by atoms with van der Waals surface area (Å²) in [7, 11) is 0. The molecule has 1 saturated heterocycles. The minimum absolute atomic E-state index is 0.144. The third-order valence-electron chi connectivity index (χ3n) is 2.96. The van der Waals surface area contributed by atoms with E-state index in [1.807, 2.05) is 0 Å². The first kappa shape index (κ1) is 15.8. The maximum absolute atomic E-state index is 12.2. The first-order chi connectivity index (χ1) is 8.72. The predicted octanol–water partition coefficient (Wildman–Crippen LogP) is 1.88. The molecule has 1 fully saturated rings. The Morgan fingerprint density at radius 3 is 2.26 bits per heavy atom. The fourth-order valence-electron chi connectivity index (χ4n) is 2.02. The third kappa shape index (κ3) is 4.70. The molecule has 0 aliphatic carbocycles. The SMILES string of the molecule is C[C@@H](C(=O)O)N(C(=O)OC(C)(C)C)C1CCOCC1. The van der Waals surface area contributed by atoms with Crippen LogP contribution in [-0.2, 0) is 14.3 Å². The Hall–Kier alpha value is -1.30. The number of hydrogen-bond donors (Lipinski definition) is 1. The van der Waals surface area contributed by atoms with Crippen LogP contribution >= 0.6 is 0 Å². The van der Waals surface area contributed by atoms with E-state index >= 15 is 0 Å². The van der Waals surface area contributed by atoms with Crippen LogP contribution in [0.3, 0.4) is 0 Å². The second-order valence-corrected chi connectivity index (χ2v) is 5.75. The van der Waals surface area contributed by atoms with Crippen LogP contribution in [0.25, 0.3) is 0 Å². The van der Waals surface area contributed by atoms with Gasteiger partial charge in [-0.15, -0.1) is 0 Å². The van der Waals surface area contributed by atoms with Crippen LogP contribution in [0, 0.1) is 0 Å². The number of aliphatic carboxylic acids is 1. The standard InChI is InChI=1S/C13H23NO5/c1-9(11(15)16)14(10-5-7-18-8-6-10)12(17)19-13(2,3)4/h9-10H,5-8H2,1-4H3,(H,15,16)/t9-/m0/s1. The summed E-state index contributed by atoms with van der Waals surface area (Å²) in [5.41, 5.74) is -0.640. The van der Waals surface area contributed by atoms with Crippen LogP contribution in [-0.4, -0.2) is 53.0 Å². The number of hydrogen-bond acceptors (Lipinski definition) is 4. The maximum Gasteiger partial charge on any atom is 0.411 e. The van der Waals surface area contributed by atoms with Crippen molar-refractivity contribution >= 4 is 12.1 Å². The molecule has 0 radical (unpaired) electrons. The van der Waals surface area contributed by atoms with E-state index in [1.165, 1.54) is 11.8 Å². The second kappa shape index (κ2) is 6.23. The van der Waals surface area contributed by atoms with E-state index in [0.29, 0.717) is 26.1 Å². The molecule has 1 rings (SSSR count). The van der Waals surface area contributed by atoms with Gasteiger partial charge in [0.05, 0.1) is 0 Å². The molecule has 0 bridgehead atoms. The monoisotopic (exact) mass is 273 g/mol. The molecule has 110 valence electrons. The number of carboxylic acids is 1. The number of nitrogens with zero attached hydrogens (tertiary/aromatic N) is 1. The molecule has 1 aliphatic rings. The second-order valence-electron chi connectivity index (χ2n) is 5.75. The van der Waals surface area contributed by atoms with Crippen LogP contribution in [0.1, 0.15) is 40.5 Å². The summed E-state index contributed by atoms with van der Waals surface area (Å²) < 4.78 is 10.6. The molecule has 0 aromatic carbocycles. The molecular weight excluding hydrogens is 250 g/mol. The molecule has 6 heteroatoms. The maximum atomic E-state index is 12.2. The minimum atomic E-state index is -1.03. The van der Waals surface area contributed by atoms with Crippen molar-refractivity contribution < 1.29 is 24.2 Å². The summed E-state index contributed by atoms with van der Waals surface area (Å²) in [6.45, 7) is 7.86. The summed E-state index contributed by atoms with van der Waals surface area (Å²) in [6, 6.07) is -1.05. The van der Waals surface area contributed by atoms with Crippen LogP contribution in [0.5, 0.6) is 0 Å². The van der Waals surface area contributed by atoms with Gasteiger partial charge in [-0.05, 0) is 40.5 Å². The van der Waals surface area contributed by atoms with Gasteiger partial charge in [0.25, 0.3) is 0 Å². The predicted molar refractivity (Wildman–Crippen MR) is 69.0 cm³/mol. The zero-order valence-corrected chi connectivity index (χ0v) is 12.0. The minimum Gasteiger partial charge on any atom is -0.480 e. The van der Waals surface area contributed by atoms with Crippen LogP contribution in [0.4, 0.5) is 4.79 Å². The van der Waals surface area contributed by atoms with Crippen molar-refractivity contribution in [1.82, 2.24) is 4.90 Å². The van der Waals surface area contributed by atoms with Crippen molar-refractivity contribution in [3.8, 4) is 0 Å². The van der Waals surface area contributed by atoms with Gasteiger partial charge in [0.2, 0.25) is 0 Å². The van der Waals surface area contributed by atoms with E-state index in [2.05, 4.69) is 0 Å². The molecule has 0 saturated carbocycles. The normalized spacial score (nSPS) is 18.7. The molecule has 0 unspecified atom stereocenters. The Balaban J connectivity index is 2.84. The molecule has 0 aromatic rings. The third-order valence-corrected chi connectivity index (χ3v) is 2.96. The fourth-order valence-corrected chi connectivity index (χ4v) is 2.02. The first-order valence-corrected chi connectivity index (χ1v) is 6.54. The average molecular weight is 273 g/mol. The molecule has 0 aromatic heterocycles. The van der Waals surface area contributed by atoms with Crippen LogP contribution in [0.15, 0.2) is 0 Å². The van der Waals surface area contributed by atoms with Crippen molar-refractivity contribution in [2.45, 2.75) is 58.2 Å². The highest BCUT2D eigenvalue weighted by atomic mass is 16.6. The molecule has 1 N–H and O–H groups in total. The number of carbonyl (C=O) groups excluding carboxylic acids is 1. The molecule has 1 heterocycles. The quantitative estimate of drug-likeness (QED) is 0.849.